The normalized spacial score (nSPS) is 19.3. The number of nitrogens with zero attached hydrogens (tertiary/aromatic N) is 4. The molecule has 3 rings (SSSR count). The lowest BCUT2D eigenvalue weighted by atomic mass is 9.76. The Morgan fingerprint density at radius 3 is 2.73 bits per heavy atom. The van der Waals surface area contributed by atoms with Gasteiger partial charge >= 0.3 is 0 Å². The fourth-order valence-corrected chi connectivity index (χ4v) is 3.10. The molecule has 1 amide bonds. The van der Waals surface area contributed by atoms with E-state index in [1.54, 1.807) is 44.3 Å². The maximum atomic E-state index is 12.5. The number of carbonyl (C=O) groups excluding carboxylic acids is 1. The van der Waals surface area contributed by atoms with Gasteiger partial charge in [0.1, 0.15) is 5.82 Å². The predicted octanol–water partition coefficient (Wildman–Crippen LogP) is 3.16. The lowest BCUT2D eigenvalue weighted by molar-refractivity contribution is 0.102. The summed E-state index contributed by atoms with van der Waals surface area (Å²) >= 11 is 0. The van der Waals surface area contributed by atoms with Crippen LogP contribution in [-0.4, -0.2) is 21.8 Å². The van der Waals surface area contributed by atoms with Crippen LogP contribution in [0.15, 0.2) is 52.8 Å². The van der Waals surface area contributed by atoms with E-state index in [0.29, 0.717) is 28.4 Å². The van der Waals surface area contributed by atoms with Gasteiger partial charge < -0.3 is 5.32 Å². The maximum absolute atomic E-state index is 12.5. The number of rotatable bonds is 3. The summed E-state index contributed by atoms with van der Waals surface area (Å²) in [5.74, 6) is -0.795. The van der Waals surface area contributed by atoms with Gasteiger partial charge in [0.2, 0.25) is 0 Å². The smallest absolute Gasteiger partial charge is 0.256 e. The van der Waals surface area contributed by atoms with Crippen LogP contribution in [0.4, 0.5) is 5.82 Å². The topological polar surface area (TPSA) is 118 Å². The van der Waals surface area contributed by atoms with Gasteiger partial charge in [-0.2, -0.15) is 15.6 Å². The molecule has 0 aliphatic carbocycles. The van der Waals surface area contributed by atoms with E-state index in [1.165, 1.54) is 0 Å². The Balaban J connectivity index is 1.99. The van der Waals surface area contributed by atoms with Crippen molar-refractivity contribution in [3.63, 3.8) is 0 Å². The molecule has 2 unspecified atom stereocenters. The van der Waals surface area contributed by atoms with Crippen LogP contribution in [0.3, 0.4) is 0 Å². The van der Waals surface area contributed by atoms with Crippen molar-refractivity contribution >= 4 is 17.4 Å². The van der Waals surface area contributed by atoms with Crippen molar-refractivity contribution in [2.24, 2.45) is 10.9 Å². The number of aromatic nitrogens is 2. The zero-order valence-corrected chi connectivity index (χ0v) is 14.3. The van der Waals surface area contributed by atoms with Crippen LogP contribution >= 0.6 is 0 Å². The monoisotopic (exact) mass is 344 g/mol. The first-order chi connectivity index (χ1) is 12.5. The molecule has 0 spiro atoms. The number of anilines is 1. The molecule has 128 valence electrons. The summed E-state index contributed by atoms with van der Waals surface area (Å²) in [5.41, 5.74) is 2.89. The molecule has 1 aromatic carbocycles. The molecule has 2 heterocycles. The minimum Gasteiger partial charge on any atom is -0.307 e. The van der Waals surface area contributed by atoms with Crippen molar-refractivity contribution in [2.45, 2.75) is 19.8 Å². The molecule has 7 nitrogen and oxygen atoms in total. The van der Waals surface area contributed by atoms with Crippen molar-refractivity contribution in [3.05, 3.63) is 58.9 Å². The second-order valence-corrected chi connectivity index (χ2v) is 6.00. The van der Waals surface area contributed by atoms with E-state index in [1.807, 2.05) is 6.07 Å². The highest BCUT2D eigenvalue weighted by atomic mass is 16.1. The van der Waals surface area contributed by atoms with E-state index in [2.05, 4.69) is 32.6 Å². The minimum absolute atomic E-state index is 0.301. The van der Waals surface area contributed by atoms with Crippen molar-refractivity contribution in [3.8, 4) is 12.1 Å². The van der Waals surface area contributed by atoms with Crippen LogP contribution < -0.4 is 5.32 Å². The number of allylic oxidation sites excluding steroid dienone is 2. The van der Waals surface area contributed by atoms with Gasteiger partial charge in [-0.15, -0.1) is 0 Å². The molecule has 2 aromatic rings. The van der Waals surface area contributed by atoms with Crippen molar-refractivity contribution in [2.75, 3.05) is 5.32 Å². The number of hydrogen-bond donors (Lipinski definition) is 2. The van der Waals surface area contributed by atoms with Crippen molar-refractivity contribution in [1.29, 1.82) is 10.5 Å². The average molecular weight is 344 g/mol. The van der Waals surface area contributed by atoms with Gasteiger partial charge in [-0.05, 0) is 31.5 Å². The Morgan fingerprint density at radius 1 is 1.27 bits per heavy atom. The molecule has 2 N–H and O–H groups in total. The largest absolute Gasteiger partial charge is 0.307 e. The minimum atomic E-state index is -0.542. The zero-order chi connectivity index (χ0) is 18.7. The quantitative estimate of drug-likeness (QED) is 0.889. The molecule has 2 atom stereocenters. The third-order valence-electron chi connectivity index (χ3n) is 4.34. The third kappa shape index (κ3) is 3.11. The van der Waals surface area contributed by atoms with E-state index in [0.717, 1.165) is 5.56 Å². The zero-order valence-electron chi connectivity index (χ0n) is 14.3. The number of nitriles is 2. The Morgan fingerprint density at radius 2 is 2.08 bits per heavy atom. The molecule has 0 saturated heterocycles. The number of amides is 1. The highest BCUT2D eigenvalue weighted by Crippen LogP contribution is 2.38. The van der Waals surface area contributed by atoms with Crippen LogP contribution in [0.2, 0.25) is 0 Å². The number of H-pyrrole nitrogens is 1. The summed E-state index contributed by atoms with van der Waals surface area (Å²) in [5, 5.41) is 28.3. The van der Waals surface area contributed by atoms with Gasteiger partial charge in [0.25, 0.3) is 5.91 Å². The van der Waals surface area contributed by atoms with Crippen LogP contribution in [0.1, 0.15) is 35.7 Å². The highest BCUT2D eigenvalue weighted by Gasteiger charge is 2.34. The SMILES string of the molecule is CC1=NC(C)=C(C#N)C(c2cccc(C(=O)Nc3ccn[nH]3)c2)C1C#N. The van der Waals surface area contributed by atoms with E-state index in [4.69, 9.17) is 0 Å². The first-order valence-corrected chi connectivity index (χ1v) is 8.01. The van der Waals surface area contributed by atoms with Crippen LogP contribution in [0, 0.1) is 28.6 Å². The van der Waals surface area contributed by atoms with Gasteiger partial charge in [-0.1, -0.05) is 12.1 Å². The lowest BCUT2D eigenvalue weighted by Gasteiger charge is -2.27. The summed E-state index contributed by atoms with van der Waals surface area (Å²) in [6.45, 7) is 3.55. The summed E-state index contributed by atoms with van der Waals surface area (Å²) in [6.07, 6.45) is 1.54. The Labute approximate surface area is 150 Å². The van der Waals surface area contributed by atoms with Crippen molar-refractivity contribution in [1.82, 2.24) is 10.2 Å². The summed E-state index contributed by atoms with van der Waals surface area (Å²) in [7, 11) is 0. The molecule has 0 radical (unpaired) electrons. The van der Waals surface area contributed by atoms with Gasteiger partial charge in [0.15, 0.2) is 0 Å². The van der Waals surface area contributed by atoms with Crippen molar-refractivity contribution < 1.29 is 4.79 Å². The highest BCUT2D eigenvalue weighted by molar-refractivity contribution is 6.04. The molecule has 7 heteroatoms. The summed E-state index contributed by atoms with van der Waals surface area (Å²) in [4.78, 5) is 16.8. The third-order valence-corrected chi connectivity index (χ3v) is 4.34. The van der Waals surface area contributed by atoms with Crippen LogP contribution in [-0.2, 0) is 0 Å². The predicted molar refractivity (Wildman–Crippen MR) is 96.2 cm³/mol. The molecule has 26 heavy (non-hydrogen) atoms. The molecular formula is C19H16N6O. The number of nitrogens with one attached hydrogen (secondary N) is 2. The molecule has 1 aromatic heterocycles. The van der Waals surface area contributed by atoms with E-state index >= 15 is 0 Å². The molecule has 0 fully saturated rings. The number of aliphatic imine (C=N–C) groups is 1. The van der Waals surface area contributed by atoms with Gasteiger partial charge in [0.05, 0.1) is 35.5 Å². The van der Waals surface area contributed by atoms with Crippen LogP contribution in [0.5, 0.6) is 0 Å². The second-order valence-electron chi connectivity index (χ2n) is 6.00. The number of aromatic amines is 1. The Hall–Kier alpha value is -3.71. The van der Waals surface area contributed by atoms with Gasteiger partial charge in [0, 0.05) is 23.3 Å². The van der Waals surface area contributed by atoms with E-state index < -0.39 is 11.8 Å². The fourth-order valence-electron chi connectivity index (χ4n) is 3.10. The number of benzene rings is 1. The summed E-state index contributed by atoms with van der Waals surface area (Å²) < 4.78 is 0. The molecule has 1 aliphatic rings. The maximum Gasteiger partial charge on any atom is 0.256 e. The first kappa shape index (κ1) is 17.1. The van der Waals surface area contributed by atoms with E-state index in [-0.39, 0.29) is 5.91 Å². The number of carbonyl (C=O) groups is 1. The average Bonchev–Trinajstić information content (AvgIpc) is 3.14. The molecular weight excluding hydrogens is 328 g/mol. The van der Waals surface area contributed by atoms with Gasteiger partial charge in [-0.3, -0.25) is 14.9 Å². The van der Waals surface area contributed by atoms with E-state index in [9.17, 15) is 15.3 Å². The van der Waals surface area contributed by atoms with Gasteiger partial charge in [-0.25, -0.2) is 0 Å². The molecule has 0 bridgehead atoms. The fraction of sp³-hybridized carbons (Fsp3) is 0.211. The standard InChI is InChI=1S/C19H16N6O/c1-11-15(9-20)18(16(10-21)12(2)23-11)13-4-3-5-14(8-13)19(26)24-17-6-7-22-25-17/h3-8,15,18H,1-2H3,(H2,22,24,25,26). The first-order valence-electron chi connectivity index (χ1n) is 8.01. The Kier molecular flexibility index (Phi) is 4.64. The number of hydrogen-bond acceptors (Lipinski definition) is 5. The molecule has 0 saturated carbocycles. The molecule has 1 aliphatic heterocycles. The van der Waals surface area contributed by atoms with Crippen LogP contribution in [0.25, 0.3) is 0 Å². The lowest BCUT2D eigenvalue weighted by Crippen LogP contribution is -2.25. The Bertz CT molecular complexity index is 988. The second kappa shape index (κ2) is 7.04. The summed E-state index contributed by atoms with van der Waals surface area (Å²) in [6, 6.07) is 13.0.